The predicted octanol–water partition coefficient (Wildman–Crippen LogP) is 0.342. The van der Waals surface area contributed by atoms with Gasteiger partial charge in [0.2, 0.25) is 10.0 Å². The second-order valence-electron chi connectivity index (χ2n) is 4.71. The minimum Gasteiger partial charge on any atom is -0.465 e. The molecule has 0 aliphatic carbocycles. The van der Waals surface area contributed by atoms with Gasteiger partial charge in [-0.25, -0.2) is 8.42 Å². The molecule has 0 radical (unpaired) electrons. The van der Waals surface area contributed by atoms with Crippen molar-refractivity contribution in [3.63, 3.8) is 0 Å². The van der Waals surface area contributed by atoms with Crippen molar-refractivity contribution in [3.05, 3.63) is 0 Å². The van der Waals surface area contributed by atoms with Crippen LogP contribution in [0.1, 0.15) is 33.6 Å². The molecule has 7 heteroatoms. The summed E-state index contributed by atoms with van der Waals surface area (Å²) in [4.78, 5) is 11.4. The normalized spacial score (nSPS) is 25.2. The van der Waals surface area contributed by atoms with Crippen molar-refractivity contribution in [1.82, 2.24) is 9.62 Å². The van der Waals surface area contributed by atoms with Crippen LogP contribution in [0.2, 0.25) is 0 Å². The lowest BCUT2D eigenvalue weighted by atomic mass is 10.1. The van der Waals surface area contributed by atoms with Gasteiger partial charge in [0, 0.05) is 25.2 Å². The first-order chi connectivity index (χ1) is 8.94. The maximum atomic E-state index is 12.3. The minimum absolute atomic E-state index is 0.0813. The average Bonchev–Trinajstić information content (AvgIpc) is 2.37. The van der Waals surface area contributed by atoms with Crippen LogP contribution < -0.4 is 5.32 Å². The number of sulfonamides is 1. The summed E-state index contributed by atoms with van der Waals surface area (Å²) in [7, 11) is -3.59. The first-order valence-electron chi connectivity index (χ1n) is 6.83. The van der Waals surface area contributed by atoms with E-state index in [4.69, 9.17) is 4.74 Å². The average molecular weight is 292 g/mol. The van der Waals surface area contributed by atoms with Gasteiger partial charge in [-0.15, -0.1) is 0 Å². The summed E-state index contributed by atoms with van der Waals surface area (Å²) in [6.07, 6.45) is 1.59. The summed E-state index contributed by atoms with van der Waals surface area (Å²) < 4.78 is 30.8. The molecule has 0 aromatic heterocycles. The summed E-state index contributed by atoms with van der Waals surface area (Å²) in [5.74, 6) is -1.24. The van der Waals surface area contributed by atoms with Crippen LogP contribution in [0, 0.1) is 0 Å². The van der Waals surface area contributed by atoms with Gasteiger partial charge < -0.3 is 10.1 Å². The van der Waals surface area contributed by atoms with Crippen molar-refractivity contribution in [2.45, 2.75) is 45.7 Å². The Bertz CT molecular complexity index is 397. The molecule has 1 N–H and O–H groups in total. The molecular formula is C12H24N2O4S. The van der Waals surface area contributed by atoms with Crippen molar-refractivity contribution in [3.8, 4) is 0 Å². The predicted molar refractivity (Wildman–Crippen MR) is 73.3 cm³/mol. The molecule has 2 unspecified atom stereocenters. The molecule has 2 atom stereocenters. The van der Waals surface area contributed by atoms with Crippen LogP contribution in [0.5, 0.6) is 0 Å². The van der Waals surface area contributed by atoms with Crippen LogP contribution >= 0.6 is 0 Å². The molecule has 1 aliphatic rings. The molecule has 0 amide bonds. The molecule has 19 heavy (non-hydrogen) atoms. The molecule has 0 bridgehead atoms. The fourth-order valence-corrected chi connectivity index (χ4v) is 3.86. The third-order valence-corrected chi connectivity index (χ3v) is 5.14. The highest BCUT2D eigenvalue weighted by atomic mass is 32.2. The van der Waals surface area contributed by atoms with E-state index >= 15 is 0 Å². The van der Waals surface area contributed by atoms with Crippen LogP contribution in [-0.4, -0.2) is 56.2 Å². The second-order valence-corrected chi connectivity index (χ2v) is 6.63. The molecule has 6 nitrogen and oxygen atoms in total. The van der Waals surface area contributed by atoms with E-state index in [0.29, 0.717) is 13.1 Å². The van der Waals surface area contributed by atoms with Crippen LogP contribution in [-0.2, 0) is 19.6 Å². The Kier molecular flexibility index (Phi) is 6.22. The van der Waals surface area contributed by atoms with Crippen LogP contribution in [0.15, 0.2) is 0 Å². The molecule has 0 spiro atoms. The van der Waals surface area contributed by atoms with Gasteiger partial charge in [-0.1, -0.05) is 13.8 Å². The van der Waals surface area contributed by atoms with Crippen molar-refractivity contribution in [1.29, 1.82) is 0 Å². The highest BCUT2D eigenvalue weighted by molar-refractivity contribution is 7.89. The van der Waals surface area contributed by atoms with E-state index in [1.807, 2.05) is 13.8 Å². The summed E-state index contributed by atoms with van der Waals surface area (Å²) in [6, 6.07) is 0.0713. The van der Waals surface area contributed by atoms with Crippen LogP contribution in [0.3, 0.4) is 0 Å². The maximum Gasteiger partial charge on any atom is 0.322 e. The monoisotopic (exact) mass is 292 g/mol. The van der Waals surface area contributed by atoms with Gasteiger partial charge in [0.15, 0.2) is 5.75 Å². The van der Waals surface area contributed by atoms with Gasteiger partial charge in [0.25, 0.3) is 0 Å². The Morgan fingerprint density at radius 1 is 1.32 bits per heavy atom. The zero-order valence-electron chi connectivity index (χ0n) is 11.9. The van der Waals surface area contributed by atoms with Gasteiger partial charge in [0.05, 0.1) is 6.61 Å². The van der Waals surface area contributed by atoms with E-state index in [1.165, 1.54) is 4.31 Å². The molecule has 112 valence electrons. The Morgan fingerprint density at radius 2 is 2.00 bits per heavy atom. The lowest BCUT2D eigenvalue weighted by Gasteiger charge is -2.38. The fourth-order valence-electron chi connectivity index (χ4n) is 2.23. The number of nitrogens with one attached hydrogen (secondary N) is 1. The molecule has 1 fully saturated rings. The molecule has 0 saturated carbocycles. The largest absolute Gasteiger partial charge is 0.465 e. The topological polar surface area (TPSA) is 75.7 Å². The third kappa shape index (κ3) is 4.43. The first-order valence-corrected chi connectivity index (χ1v) is 8.44. The summed E-state index contributed by atoms with van der Waals surface area (Å²) in [5, 5.41) is 3.33. The first kappa shape index (κ1) is 16.4. The van der Waals surface area contributed by atoms with Crippen molar-refractivity contribution in [2.24, 2.45) is 0 Å². The van der Waals surface area contributed by atoms with Crippen LogP contribution in [0.4, 0.5) is 0 Å². The second kappa shape index (κ2) is 7.21. The summed E-state index contributed by atoms with van der Waals surface area (Å²) >= 11 is 0. The number of carbonyl (C=O) groups is 1. The van der Waals surface area contributed by atoms with E-state index in [2.05, 4.69) is 5.32 Å². The molecule has 1 rings (SSSR count). The summed E-state index contributed by atoms with van der Waals surface area (Å²) in [5.41, 5.74) is 0. The molecule has 1 aliphatic heterocycles. The van der Waals surface area contributed by atoms with E-state index in [-0.39, 0.29) is 18.7 Å². The number of ether oxygens (including phenoxy) is 1. The SMILES string of the molecule is CCOC(=O)CS(=O)(=O)N1CC(CC)NCC1CC. The van der Waals surface area contributed by atoms with E-state index < -0.39 is 21.7 Å². The Balaban J connectivity index is 2.79. The minimum atomic E-state index is -3.59. The zero-order valence-corrected chi connectivity index (χ0v) is 12.7. The highest BCUT2D eigenvalue weighted by Gasteiger charge is 2.35. The molecule has 0 aromatic rings. The molecule has 1 saturated heterocycles. The van der Waals surface area contributed by atoms with E-state index in [9.17, 15) is 13.2 Å². The number of rotatable bonds is 6. The standard InChI is InChI=1S/C12H24N2O4S/c1-4-10-8-14(11(5-2)7-13-10)19(16,17)9-12(15)18-6-3/h10-11,13H,4-9H2,1-3H3. The maximum absolute atomic E-state index is 12.3. The number of nitrogens with zero attached hydrogens (tertiary/aromatic N) is 1. The number of piperazine rings is 1. The third-order valence-electron chi connectivity index (χ3n) is 3.38. The van der Waals surface area contributed by atoms with Gasteiger partial charge in [-0.05, 0) is 19.8 Å². The van der Waals surface area contributed by atoms with Crippen molar-refractivity contribution >= 4 is 16.0 Å². The van der Waals surface area contributed by atoms with Gasteiger partial charge >= 0.3 is 5.97 Å². The van der Waals surface area contributed by atoms with Crippen molar-refractivity contribution in [2.75, 3.05) is 25.4 Å². The van der Waals surface area contributed by atoms with E-state index in [0.717, 1.165) is 12.8 Å². The lowest BCUT2D eigenvalue weighted by Crippen LogP contribution is -2.58. The number of carbonyl (C=O) groups excluding carboxylic acids is 1. The van der Waals surface area contributed by atoms with Gasteiger partial charge in [0.1, 0.15) is 0 Å². The zero-order chi connectivity index (χ0) is 14.5. The highest BCUT2D eigenvalue weighted by Crippen LogP contribution is 2.17. The van der Waals surface area contributed by atoms with Gasteiger partial charge in [-0.2, -0.15) is 4.31 Å². The Morgan fingerprint density at radius 3 is 2.53 bits per heavy atom. The molecule has 0 aromatic carbocycles. The number of hydrogen-bond acceptors (Lipinski definition) is 5. The van der Waals surface area contributed by atoms with Gasteiger partial charge in [-0.3, -0.25) is 4.79 Å². The molecular weight excluding hydrogens is 268 g/mol. The summed E-state index contributed by atoms with van der Waals surface area (Å²) in [6.45, 7) is 6.89. The fraction of sp³-hybridized carbons (Fsp3) is 0.917. The lowest BCUT2D eigenvalue weighted by molar-refractivity contribution is -0.140. The molecule has 1 heterocycles. The Labute approximate surface area is 115 Å². The number of esters is 1. The van der Waals surface area contributed by atoms with Crippen molar-refractivity contribution < 1.29 is 17.9 Å². The number of hydrogen-bond donors (Lipinski definition) is 1. The quantitative estimate of drug-likeness (QED) is 0.715. The van der Waals surface area contributed by atoms with Crippen LogP contribution in [0.25, 0.3) is 0 Å². The van der Waals surface area contributed by atoms with E-state index in [1.54, 1.807) is 6.92 Å². The Hall–Kier alpha value is -0.660. The smallest absolute Gasteiger partial charge is 0.322 e.